The van der Waals surface area contributed by atoms with Gasteiger partial charge in [0.05, 0.1) is 13.1 Å². The summed E-state index contributed by atoms with van der Waals surface area (Å²) >= 11 is 0. The van der Waals surface area contributed by atoms with Crippen molar-refractivity contribution >= 4 is 13.3 Å². The molecule has 1 unspecified atom stereocenters. The molecule has 0 amide bonds. The van der Waals surface area contributed by atoms with E-state index in [4.69, 9.17) is 0 Å². The first-order valence-corrected chi connectivity index (χ1v) is 7.78. The highest BCUT2D eigenvalue weighted by Gasteiger charge is 2.24. The van der Waals surface area contributed by atoms with Crippen LogP contribution >= 0.6 is 7.37 Å². The van der Waals surface area contributed by atoms with Crippen molar-refractivity contribution in [3.8, 4) is 0 Å². The van der Waals surface area contributed by atoms with Crippen molar-refractivity contribution in [2.24, 2.45) is 0 Å². The van der Waals surface area contributed by atoms with E-state index in [0.29, 0.717) is 0 Å². The van der Waals surface area contributed by atoms with Gasteiger partial charge in [-0.05, 0) is 19.3 Å². The Kier molecular flexibility index (Phi) is 7.64. The number of hydrogen-bond acceptors (Lipinski definition) is 3. The van der Waals surface area contributed by atoms with Crippen LogP contribution in [0, 0.1) is 0 Å². The summed E-state index contributed by atoms with van der Waals surface area (Å²) in [4.78, 5) is 20.9. The summed E-state index contributed by atoms with van der Waals surface area (Å²) in [5.41, 5.74) is 0. The molecule has 0 aromatic carbocycles. The molecular formula is C10H22NO4P. The molecule has 0 aliphatic heterocycles. The first-order chi connectivity index (χ1) is 7.41. The van der Waals surface area contributed by atoms with Crippen LogP contribution in [0.25, 0.3) is 0 Å². The quantitative estimate of drug-likeness (QED) is 0.518. The maximum absolute atomic E-state index is 11.7. The molecule has 0 saturated carbocycles. The fourth-order valence-electron chi connectivity index (χ4n) is 1.68. The molecule has 0 saturated heterocycles. The molecule has 1 atom stereocenters. The van der Waals surface area contributed by atoms with E-state index in [1.54, 1.807) is 0 Å². The van der Waals surface area contributed by atoms with E-state index in [0.717, 1.165) is 30.8 Å². The first-order valence-electron chi connectivity index (χ1n) is 5.75. The number of carboxylic acid groups (broad SMARTS) is 1. The second-order valence-electron chi connectivity index (χ2n) is 4.10. The van der Waals surface area contributed by atoms with E-state index in [9.17, 15) is 19.4 Å². The Bertz CT molecular complexity index is 251. The highest BCUT2D eigenvalue weighted by Crippen LogP contribution is 2.38. The Hall–Kier alpha value is -0.380. The van der Waals surface area contributed by atoms with Gasteiger partial charge in [-0.15, -0.1) is 0 Å². The Labute approximate surface area is 96.9 Å². The summed E-state index contributed by atoms with van der Waals surface area (Å²) in [7, 11) is -3.32. The number of quaternary nitrogens is 1. The third-order valence-corrected chi connectivity index (χ3v) is 4.21. The SMILES string of the molecule is CCC[NH+](CCC)CP(=O)(O)CCC(=O)[O-]. The highest BCUT2D eigenvalue weighted by atomic mass is 31.2. The lowest BCUT2D eigenvalue weighted by Gasteiger charge is -2.21. The molecule has 96 valence electrons. The van der Waals surface area contributed by atoms with Crippen LogP contribution in [0.3, 0.4) is 0 Å². The summed E-state index contributed by atoms with van der Waals surface area (Å²) in [6, 6.07) is 0. The molecule has 0 bridgehead atoms. The number of nitrogens with one attached hydrogen (secondary N) is 1. The zero-order chi connectivity index (χ0) is 12.6. The second kappa shape index (κ2) is 7.82. The van der Waals surface area contributed by atoms with Gasteiger partial charge in [-0.3, -0.25) is 4.57 Å². The maximum atomic E-state index is 11.7. The summed E-state index contributed by atoms with van der Waals surface area (Å²) in [5, 5.41) is 10.2. The summed E-state index contributed by atoms with van der Waals surface area (Å²) < 4.78 is 11.7. The van der Waals surface area contributed by atoms with Crippen LogP contribution in [0.4, 0.5) is 0 Å². The number of carboxylic acids is 1. The minimum Gasteiger partial charge on any atom is -0.550 e. The monoisotopic (exact) mass is 251 g/mol. The minimum atomic E-state index is -3.32. The largest absolute Gasteiger partial charge is 0.550 e. The molecule has 0 rings (SSSR count). The smallest absolute Gasteiger partial charge is 0.253 e. The molecule has 2 N–H and O–H groups in total. The van der Waals surface area contributed by atoms with Crippen LogP contribution in [0.2, 0.25) is 0 Å². The van der Waals surface area contributed by atoms with Gasteiger partial charge >= 0.3 is 0 Å². The summed E-state index contributed by atoms with van der Waals surface area (Å²) in [6.45, 7) is 5.76. The normalized spacial score (nSPS) is 15.0. The second-order valence-corrected chi connectivity index (χ2v) is 6.56. The molecule has 6 heteroatoms. The molecule has 0 heterocycles. The molecular weight excluding hydrogens is 229 g/mol. The molecule has 0 spiro atoms. The van der Waals surface area contributed by atoms with Crippen molar-refractivity contribution in [2.75, 3.05) is 25.5 Å². The van der Waals surface area contributed by atoms with Crippen LogP contribution in [0.1, 0.15) is 33.1 Å². The van der Waals surface area contributed by atoms with E-state index in [1.807, 2.05) is 13.8 Å². The molecule has 0 radical (unpaired) electrons. The Morgan fingerprint density at radius 2 is 1.81 bits per heavy atom. The van der Waals surface area contributed by atoms with Crippen LogP contribution in [0.15, 0.2) is 0 Å². The van der Waals surface area contributed by atoms with Crippen molar-refractivity contribution in [3.63, 3.8) is 0 Å². The average molecular weight is 251 g/mol. The van der Waals surface area contributed by atoms with E-state index in [1.165, 1.54) is 0 Å². The zero-order valence-corrected chi connectivity index (χ0v) is 11.0. The molecule has 0 aromatic heterocycles. The molecule has 5 nitrogen and oxygen atoms in total. The standard InChI is InChI=1S/C10H22NO4P/c1-3-6-11(7-4-2)9-16(14,15)8-5-10(12)13/h3-9H2,1-2H3,(H,12,13)(H,14,15). The lowest BCUT2D eigenvalue weighted by Crippen LogP contribution is -3.11. The molecule has 0 aliphatic rings. The van der Waals surface area contributed by atoms with Gasteiger partial charge < -0.3 is 19.7 Å². The molecule has 0 aliphatic carbocycles. The Morgan fingerprint density at radius 3 is 2.19 bits per heavy atom. The fraction of sp³-hybridized carbons (Fsp3) is 0.900. The van der Waals surface area contributed by atoms with Gasteiger partial charge in [0, 0.05) is 12.1 Å². The lowest BCUT2D eigenvalue weighted by molar-refractivity contribution is -0.888. The lowest BCUT2D eigenvalue weighted by atomic mass is 10.4. The first kappa shape index (κ1) is 15.6. The summed E-state index contributed by atoms with van der Waals surface area (Å²) in [6.07, 6.45) is 1.57. The number of rotatable bonds is 9. The van der Waals surface area contributed by atoms with Gasteiger partial charge in [-0.2, -0.15) is 0 Å². The minimum absolute atomic E-state index is 0.169. The predicted molar refractivity (Wildman–Crippen MR) is 60.5 cm³/mol. The predicted octanol–water partition coefficient (Wildman–Crippen LogP) is -0.941. The fourth-order valence-corrected chi connectivity index (χ4v) is 3.39. The third kappa shape index (κ3) is 7.85. The number of aliphatic carboxylic acids is 1. The highest BCUT2D eigenvalue weighted by molar-refractivity contribution is 7.57. The van der Waals surface area contributed by atoms with Gasteiger partial charge in [-0.1, -0.05) is 13.8 Å². The van der Waals surface area contributed by atoms with E-state index >= 15 is 0 Å². The van der Waals surface area contributed by atoms with Gasteiger partial charge in [0.15, 0.2) is 6.29 Å². The topological polar surface area (TPSA) is 81.9 Å². The van der Waals surface area contributed by atoms with Gasteiger partial charge in [-0.25, -0.2) is 0 Å². The van der Waals surface area contributed by atoms with Crippen LogP contribution < -0.4 is 10.0 Å². The molecule has 0 aromatic rings. The molecule has 0 fully saturated rings. The number of carbonyl (C=O) groups is 1. The summed E-state index contributed by atoms with van der Waals surface area (Å²) in [5.74, 6) is -1.26. The maximum Gasteiger partial charge on any atom is 0.253 e. The van der Waals surface area contributed by atoms with Gasteiger partial charge in [0.2, 0.25) is 0 Å². The van der Waals surface area contributed by atoms with Crippen LogP contribution in [-0.2, 0) is 9.36 Å². The number of carbonyl (C=O) groups excluding carboxylic acids is 1. The number of hydrogen-bond donors (Lipinski definition) is 2. The molecule has 16 heavy (non-hydrogen) atoms. The van der Waals surface area contributed by atoms with E-state index < -0.39 is 13.3 Å². The van der Waals surface area contributed by atoms with Crippen molar-refractivity contribution < 1.29 is 24.3 Å². The van der Waals surface area contributed by atoms with E-state index in [-0.39, 0.29) is 18.9 Å². The van der Waals surface area contributed by atoms with Crippen LogP contribution in [0.5, 0.6) is 0 Å². The Morgan fingerprint density at radius 1 is 1.31 bits per heavy atom. The van der Waals surface area contributed by atoms with Gasteiger partial charge in [0.1, 0.15) is 0 Å². The van der Waals surface area contributed by atoms with Crippen molar-refractivity contribution in [2.45, 2.75) is 33.1 Å². The third-order valence-electron chi connectivity index (χ3n) is 2.34. The van der Waals surface area contributed by atoms with E-state index in [2.05, 4.69) is 0 Å². The van der Waals surface area contributed by atoms with Gasteiger partial charge in [0.25, 0.3) is 7.37 Å². The Balaban J connectivity index is 4.17. The van der Waals surface area contributed by atoms with Crippen molar-refractivity contribution in [3.05, 3.63) is 0 Å². The zero-order valence-electron chi connectivity index (χ0n) is 10.1. The van der Waals surface area contributed by atoms with Crippen molar-refractivity contribution in [1.29, 1.82) is 0 Å². The van der Waals surface area contributed by atoms with Crippen molar-refractivity contribution in [1.82, 2.24) is 0 Å². The average Bonchev–Trinajstić information content (AvgIpc) is 2.15. The van der Waals surface area contributed by atoms with Crippen LogP contribution in [-0.4, -0.2) is 36.4 Å².